The number of nitrogens with zero attached hydrogens (tertiary/aromatic N) is 2. The second kappa shape index (κ2) is 11.2. The SMILES string of the molecule is CCCCOc1ccc(-c2ccc(CC[C@H]3CC[C@H](CCC)CC3)cc2)nn1. The first-order valence-electron chi connectivity index (χ1n) is 11.3. The second-order valence-electron chi connectivity index (χ2n) is 8.37. The summed E-state index contributed by atoms with van der Waals surface area (Å²) in [5, 5.41) is 8.52. The molecule has 1 fully saturated rings. The van der Waals surface area contributed by atoms with E-state index in [1.807, 2.05) is 12.1 Å². The number of unbranched alkanes of at least 4 members (excludes halogenated alkanes) is 1. The molecule has 3 rings (SSSR count). The van der Waals surface area contributed by atoms with Gasteiger partial charge in [0, 0.05) is 11.6 Å². The average Bonchev–Trinajstić information content (AvgIpc) is 2.75. The number of rotatable bonds is 10. The molecule has 2 aromatic rings. The quantitative estimate of drug-likeness (QED) is 0.422. The van der Waals surface area contributed by atoms with Crippen LogP contribution in [0.3, 0.4) is 0 Å². The third kappa shape index (κ3) is 6.32. The molecule has 1 heterocycles. The highest BCUT2D eigenvalue weighted by Crippen LogP contribution is 2.34. The normalized spacial score (nSPS) is 19.5. The summed E-state index contributed by atoms with van der Waals surface area (Å²) in [6, 6.07) is 12.8. The van der Waals surface area contributed by atoms with Crippen LogP contribution in [0, 0.1) is 11.8 Å². The van der Waals surface area contributed by atoms with Gasteiger partial charge in [0.25, 0.3) is 0 Å². The minimum Gasteiger partial charge on any atom is -0.477 e. The summed E-state index contributed by atoms with van der Waals surface area (Å²) >= 11 is 0. The average molecular weight is 381 g/mol. The predicted molar refractivity (Wildman–Crippen MR) is 117 cm³/mol. The van der Waals surface area contributed by atoms with Gasteiger partial charge in [-0.05, 0) is 42.7 Å². The van der Waals surface area contributed by atoms with Gasteiger partial charge in [-0.25, -0.2) is 0 Å². The highest BCUT2D eigenvalue weighted by atomic mass is 16.5. The van der Waals surface area contributed by atoms with Gasteiger partial charge in [0.1, 0.15) is 0 Å². The summed E-state index contributed by atoms with van der Waals surface area (Å²) in [5.74, 6) is 2.55. The molecule has 0 saturated heterocycles. The Labute approximate surface area is 170 Å². The first kappa shape index (κ1) is 20.8. The van der Waals surface area contributed by atoms with Crippen molar-refractivity contribution in [3.8, 4) is 17.1 Å². The number of hydrogen-bond donors (Lipinski definition) is 0. The standard InChI is InChI=1S/C25H36N2O/c1-3-5-19-28-25-18-17-24(26-27-25)23-15-13-22(14-16-23)12-11-21-9-7-20(6-4-2)8-10-21/h13-18,20-21H,3-12,19H2,1-2H3/t20-,21-. The van der Waals surface area contributed by atoms with Crippen molar-refractivity contribution in [1.82, 2.24) is 10.2 Å². The molecule has 1 saturated carbocycles. The van der Waals surface area contributed by atoms with Crippen LogP contribution >= 0.6 is 0 Å². The zero-order chi connectivity index (χ0) is 19.6. The number of benzene rings is 1. The summed E-state index contributed by atoms with van der Waals surface area (Å²) in [4.78, 5) is 0. The van der Waals surface area contributed by atoms with Crippen molar-refractivity contribution in [3.63, 3.8) is 0 Å². The van der Waals surface area contributed by atoms with Crippen LogP contribution in [0.25, 0.3) is 11.3 Å². The van der Waals surface area contributed by atoms with Crippen molar-refractivity contribution in [2.75, 3.05) is 6.61 Å². The Kier molecular flexibility index (Phi) is 8.32. The topological polar surface area (TPSA) is 35.0 Å². The Bertz CT molecular complexity index is 673. The molecule has 1 aromatic carbocycles. The lowest BCUT2D eigenvalue weighted by atomic mass is 9.78. The molecule has 0 unspecified atom stereocenters. The molecule has 3 nitrogen and oxygen atoms in total. The van der Waals surface area contributed by atoms with E-state index < -0.39 is 0 Å². The highest BCUT2D eigenvalue weighted by Gasteiger charge is 2.20. The number of aromatic nitrogens is 2. The van der Waals surface area contributed by atoms with Crippen molar-refractivity contribution in [3.05, 3.63) is 42.0 Å². The Morgan fingerprint density at radius 1 is 0.821 bits per heavy atom. The van der Waals surface area contributed by atoms with Gasteiger partial charge in [-0.2, -0.15) is 0 Å². The molecule has 0 spiro atoms. The van der Waals surface area contributed by atoms with E-state index in [1.54, 1.807) is 0 Å². The van der Waals surface area contributed by atoms with Crippen molar-refractivity contribution in [2.45, 2.75) is 78.1 Å². The fourth-order valence-corrected chi connectivity index (χ4v) is 4.30. The second-order valence-corrected chi connectivity index (χ2v) is 8.37. The van der Waals surface area contributed by atoms with Gasteiger partial charge in [0.05, 0.1) is 12.3 Å². The first-order chi connectivity index (χ1) is 13.8. The first-order valence-corrected chi connectivity index (χ1v) is 11.3. The Morgan fingerprint density at radius 3 is 2.14 bits per heavy atom. The molecular formula is C25H36N2O. The van der Waals surface area contributed by atoms with Crippen LogP contribution in [-0.4, -0.2) is 16.8 Å². The monoisotopic (exact) mass is 380 g/mol. The van der Waals surface area contributed by atoms with Crippen LogP contribution < -0.4 is 4.74 Å². The summed E-state index contributed by atoms with van der Waals surface area (Å²) in [7, 11) is 0. The van der Waals surface area contributed by atoms with Crippen molar-refractivity contribution in [1.29, 1.82) is 0 Å². The molecule has 0 atom stereocenters. The summed E-state index contributed by atoms with van der Waals surface area (Å²) in [5.41, 5.74) is 3.46. The molecule has 152 valence electrons. The van der Waals surface area contributed by atoms with Gasteiger partial charge in [-0.1, -0.05) is 83.1 Å². The fourth-order valence-electron chi connectivity index (χ4n) is 4.30. The fraction of sp³-hybridized carbons (Fsp3) is 0.600. The highest BCUT2D eigenvalue weighted by molar-refractivity contribution is 5.59. The third-order valence-electron chi connectivity index (χ3n) is 6.14. The van der Waals surface area contributed by atoms with Crippen LogP contribution in [-0.2, 0) is 6.42 Å². The van der Waals surface area contributed by atoms with E-state index in [4.69, 9.17) is 4.74 Å². The Morgan fingerprint density at radius 2 is 1.54 bits per heavy atom. The molecule has 1 aliphatic rings. The molecule has 0 amide bonds. The molecule has 1 aromatic heterocycles. The van der Waals surface area contributed by atoms with Gasteiger partial charge < -0.3 is 4.74 Å². The lowest BCUT2D eigenvalue weighted by molar-refractivity contribution is 0.252. The van der Waals surface area contributed by atoms with Crippen LogP contribution in [0.4, 0.5) is 0 Å². The summed E-state index contributed by atoms with van der Waals surface area (Å²) < 4.78 is 5.59. The number of hydrogen-bond acceptors (Lipinski definition) is 3. The van der Waals surface area contributed by atoms with E-state index in [2.05, 4.69) is 48.3 Å². The third-order valence-corrected chi connectivity index (χ3v) is 6.14. The molecule has 28 heavy (non-hydrogen) atoms. The molecule has 0 radical (unpaired) electrons. The molecule has 0 bridgehead atoms. The lowest BCUT2D eigenvalue weighted by Gasteiger charge is -2.28. The largest absolute Gasteiger partial charge is 0.477 e. The van der Waals surface area contributed by atoms with Gasteiger partial charge in [0.15, 0.2) is 0 Å². The van der Waals surface area contributed by atoms with Gasteiger partial charge >= 0.3 is 0 Å². The molecular weight excluding hydrogens is 344 g/mol. The van der Waals surface area contributed by atoms with Crippen molar-refractivity contribution >= 4 is 0 Å². The van der Waals surface area contributed by atoms with Crippen molar-refractivity contribution < 1.29 is 4.74 Å². The molecule has 3 heteroatoms. The molecule has 0 N–H and O–H groups in total. The number of ether oxygens (including phenoxy) is 1. The van der Waals surface area contributed by atoms with Crippen LogP contribution in [0.2, 0.25) is 0 Å². The Balaban J connectivity index is 1.46. The summed E-state index contributed by atoms with van der Waals surface area (Å²) in [6.45, 7) is 5.18. The summed E-state index contributed by atoms with van der Waals surface area (Å²) in [6.07, 6.45) is 13.3. The number of aryl methyl sites for hydroxylation is 1. The smallest absolute Gasteiger partial charge is 0.233 e. The van der Waals surface area contributed by atoms with E-state index in [-0.39, 0.29) is 0 Å². The van der Waals surface area contributed by atoms with Crippen LogP contribution in [0.15, 0.2) is 36.4 Å². The maximum absolute atomic E-state index is 5.59. The van der Waals surface area contributed by atoms with Crippen LogP contribution in [0.5, 0.6) is 5.88 Å². The minimum absolute atomic E-state index is 0.613. The van der Waals surface area contributed by atoms with E-state index in [0.717, 1.165) is 35.9 Å². The predicted octanol–water partition coefficient (Wildman–Crippen LogP) is 6.86. The van der Waals surface area contributed by atoms with E-state index in [0.29, 0.717) is 12.5 Å². The van der Waals surface area contributed by atoms with E-state index in [1.165, 1.54) is 56.9 Å². The molecule has 0 aliphatic heterocycles. The maximum Gasteiger partial charge on any atom is 0.233 e. The van der Waals surface area contributed by atoms with Gasteiger partial charge in [-0.15, -0.1) is 10.2 Å². The van der Waals surface area contributed by atoms with Gasteiger partial charge in [-0.3, -0.25) is 0 Å². The maximum atomic E-state index is 5.59. The van der Waals surface area contributed by atoms with E-state index >= 15 is 0 Å². The zero-order valence-corrected chi connectivity index (χ0v) is 17.7. The van der Waals surface area contributed by atoms with Crippen molar-refractivity contribution in [2.24, 2.45) is 11.8 Å². The van der Waals surface area contributed by atoms with E-state index in [9.17, 15) is 0 Å². The van der Waals surface area contributed by atoms with Crippen LogP contribution in [0.1, 0.15) is 77.2 Å². The lowest BCUT2D eigenvalue weighted by Crippen LogP contribution is -2.15. The Hall–Kier alpha value is -1.90. The minimum atomic E-state index is 0.613. The molecule has 1 aliphatic carbocycles. The zero-order valence-electron chi connectivity index (χ0n) is 17.7. The van der Waals surface area contributed by atoms with Gasteiger partial charge in [0.2, 0.25) is 5.88 Å².